The molecule has 4 heteroatoms. The molecular weight excluding hydrogens is 288 g/mol. The van der Waals surface area contributed by atoms with Gasteiger partial charge in [0.1, 0.15) is 5.58 Å². The Kier molecular flexibility index (Phi) is 3.45. The lowest BCUT2D eigenvalue weighted by Crippen LogP contribution is -2.34. The highest BCUT2D eigenvalue weighted by atomic mass is 16.4. The first-order valence-corrected chi connectivity index (χ1v) is 8.65. The van der Waals surface area contributed by atoms with Crippen molar-refractivity contribution in [1.29, 1.82) is 0 Å². The smallest absolute Gasteiger partial charge is 0.203 e. The second kappa shape index (κ2) is 5.38. The molecule has 0 bridgehead atoms. The zero-order valence-corrected chi connectivity index (χ0v) is 13.9. The monoisotopic (exact) mass is 312 g/mol. The van der Waals surface area contributed by atoms with Crippen LogP contribution in [0.15, 0.2) is 21.3 Å². The van der Waals surface area contributed by atoms with Crippen LogP contribution in [0.4, 0.5) is 5.88 Å². The number of nitrogens with zero attached hydrogens (tertiary/aromatic N) is 1. The van der Waals surface area contributed by atoms with E-state index in [-0.39, 0.29) is 11.5 Å². The van der Waals surface area contributed by atoms with E-state index in [1.807, 2.05) is 26.0 Å². The molecule has 0 unspecified atom stereocenters. The molecule has 4 nitrogen and oxygen atoms in total. The fourth-order valence-electron chi connectivity index (χ4n) is 3.65. The fourth-order valence-corrected chi connectivity index (χ4v) is 3.65. The van der Waals surface area contributed by atoms with Crippen molar-refractivity contribution in [3.05, 3.63) is 39.0 Å². The van der Waals surface area contributed by atoms with Gasteiger partial charge < -0.3 is 15.1 Å². The Bertz CT molecular complexity index is 818. The third-order valence-electron chi connectivity index (χ3n) is 5.05. The van der Waals surface area contributed by atoms with Gasteiger partial charge in [-0.05, 0) is 57.1 Å². The lowest BCUT2D eigenvalue weighted by atomic mass is 9.98. The van der Waals surface area contributed by atoms with E-state index in [9.17, 15) is 4.79 Å². The van der Waals surface area contributed by atoms with Gasteiger partial charge in [0.25, 0.3) is 0 Å². The SMILES string of the molecule is Cc1cc([C@@H](C)N)c2oc3c(c(=O)c2c1)CCCN3CC1CC1. The maximum Gasteiger partial charge on any atom is 0.203 e. The van der Waals surface area contributed by atoms with Crippen LogP contribution in [-0.2, 0) is 6.42 Å². The summed E-state index contributed by atoms with van der Waals surface area (Å²) in [7, 11) is 0. The molecule has 2 aromatic rings. The number of aryl methyl sites for hydroxylation is 1. The van der Waals surface area contributed by atoms with Crippen LogP contribution in [0.25, 0.3) is 11.0 Å². The average Bonchev–Trinajstić information content (AvgIpc) is 3.32. The fraction of sp³-hybridized carbons (Fsp3) is 0.526. The summed E-state index contributed by atoms with van der Waals surface area (Å²) in [4.78, 5) is 15.3. The molecule has 2 aliphatic rings. The zero-order valence-electron chi connectivity index (χ0n) is 13.9. The summed E-state index contributed by atoms with van der Waals surface area (Å²) >= 11 is 0. The first-order chi connectivity index (χ1) is 11.0. The lowest BCUT2D eigenvalue weighted by molar-refractivity contribution is 0.519. The van der Waals surface area contributed by atoms with Gasteiger partial charge in [0.15, 0.2) is 5.43 Å². The Balaban J connectivity index is 1.95. The molecule has 0 saturated heterocycles. The minimum atomic E-state index is -0.154. The van der Waals surface area contributed by atoms with Gasteiger partial charge in [-0.15, -0.1) is 0 Å². The largest absolute Gasteiger partial charge is 0.440 e. The van der Waals surface area contributed by atoms with E-state index >= 15 is 0 Å². The van der Waals surface area contributed by atoms with Crippen molar-refractivity contribution >= 4 is 16.9 Å². The van der Waals surface area contributed by atoms with Gasteiger partial charge >= 0.3 is 0 Å². The van der Waals surface area contributed by atoms with Crippen molar-refractivity contribution < 1.29 is 4.42 Å². The van der Waals surface area contributed by atoms with E-state index in [0.717, 1.165) is 54.4 Å². The maximum atomic E-state index is 13.0. The summed E-state index contributed by atoms with van der Waals surface area (Å²) in [6.07, 6.45) is 4.44. The Hall–Kier alpha value is -1.81. The maximum absolute atomic E-state index is 13.0. The minimum absolute atomic E-state index is 0.132. The van der Waals surface area contributed by atoms with Gasteiger partial charge in [0, 0.05) is 24.7 Å². The summed E-state index contributed by atoms with van der Waals surface area (Å²) in [6.45, 7) is 5.94. The predicted molar refractivity (Wildman–Crippen MR) is 93.1 cm³/mol. The molecule has 23 heavy (non-hydrogen) atoms. The van der Waals surface area contributed by atoms with E-state index < -0.39 is 0 Å². The van der Waals surface area contributed by atoms with E-state index in [1.54, 1.807) is 0 Å². The minimum Gasteiger partial charge on any atom is -0.440 e. The van der Waals surface area contributed by atoms with Crippen LogP contribution >= 0.6 is 0 Å². The third kappa shape index (κ3) is 2.55. The Morgan fingerprint density at radius 1 is 1.39 bits per heavy atom. The van der Waals surface area contributed by atoms with Gasteiger partial charge in [0.05, 0.1) is 10.9 Å². The van der Waals surface area contributed by atoms with Crippen LogP contribution in [0.2, 0.25) is 0 Å². The van der Waals surface area contributed by atoms with Crippen molar-refractivity contribution in [3.63, 3.8) is 0 Å². The molecule has 2 heterocycles. The molecule has 0 amide bonds. The van der Waals surface area contributed by atoms with E-state index in [2.05, 4.69) is 4.90 Å². The first kappa shape index (κ1) is 14.8. The molecule has 1 atom stereocenters. The predicted octanol–water partition coefficient (Wildman–Crippen LogP) is 3.28. The summed E-state index contributed by atoms with van der Waals surface area (Å²) in [5.74, 6) is 1.57. The van der Waals surface area contributed by atoms with Crippen molar-refractivity contribution in [1.82, 2.24) is 0 Å². The van der Waals surface area contributed by atoms with Crippen molar-refractivity contribution in [2.75, 3.05) is 18.0 Å². The Labute approximate surface area is 136 Å². The average molecular weight is 312 g/mol. The topological polar surface area (TPSA) is 59.5 Å². The van der Waals surface area contributed by atoms with Crippen LogP contribution in [-0.4, -0.2) is 13.1 Å². The second-order valence-electron chi connectivity index (χ2n) is 7.23. The number of benzene rings is 1. The molecule has 1 fully saturated rings. The van der Waals surface area contributed by atoms with Crippen LogP contribution < -0.4 is 16.1 Å². The molecular formula is C19H24N2O2. The zero-order chi connectivity index (χ0) is 16.1. The number of hydrogen-bond donors (Lipinski definition) is 1. The van der Waals surface area contributed by atoms with Gasteiger partial charge in [0.2, 0.25) is 5.88 Å². The van der Waals surface area contributed by atoms with Gasteiger partial charge in [-0.2, -0.15) is 0 Å². The highest BCUT2D eigenvalue weighted by Crippen LogP contribution is 2.36. The van der Waals surface area contributed by atoms with Gasteiger partial charge in [-0.3, -0.25) is 4.79 Å². The summed E-state index contributed by atoms with van der Waals surface area (Å²) in [6, 6.07) is 3.82. The van der Waals surface area contributed by atoms with Crippen LogP contribution in [0.1, 0.15) is 48.9 Å². The number of anilines is 1. The highest BCUT2D eigenvalue weighted by molar-refractivity contribution is 5.83. The lowest BCUT2D eigenvalue weighted by Gasteiger charge is -2.29. The summed E-state index contributed by atoms with van der Waals surface area (Å²) < 4.78 is 6.30. The third-order valence-corrected chi connectivity index (χ3v) is 5.05. The molecule has 0 spiro atoms. The number of nitrogens with two attached hydrogens (primary N) is 1. The molecule has 1 aliphatic carbocycles. The van der Waals surface area contributed by atoms with Crippen LogP contribution in [0, 0.1) is 12.8 Å². The number of rotatable bonds is 3. The number of fused-ring (bicyclic) bond motifs is 2. The summed E-state index contributed by atoms with van der Waals surface area (Å²) in [5.41, 5.74) is 9.77. The Morgan fingerprint density at radius 2 is 2.17 bits per heavy atom. The molecule has 4 rings (SSSR count). The second-order valence-corrected chi connectivity index (χ2v) is 7.23. The number of hydrogen-bond acceptors (Lipinski definition) is 4. The molecule has 1 aromatic carbocycles. The Morgan fingerprint density at radius 3 is 2.87 bits per heavy atom. The van der Waals surface area contributed by atoms with E-state index in [4.69, 9.17) is 10.2 Å². The van der Waals surface area contributed by atoms with E-state index in [0.29, 0.717) is 11.0 Å². The standard InChI is InChI=1S/C19H24N2O2/c1-11-8-15(12(2)20)18-16(9-11)17(22)14-4-3-7-21(19(14)23-18)10-13-5-6-13/h8-9,12-13H,3-7,10,20H2,1-2H3/t12-/m1/s1. The van der Waals surface area contributed by atoms with Crippen LogP contribution in [0.5, 0.6) is 0 Å². The quantitative estimate of drug-likeness (QED) is 0.945. The molecule has 1 aliphatic heterocycles. The summed E-state index contributed by atoms with van der Waals surface area (Å²) in [5, 5.41) is 0.685. The molecule has 2 N–H and O–H groups in total. The van der Waals surface area contributed by atoms with E-state index in [1.165, 1.54) is 12.8 Å². The van der Waals surface area contributed by atoms with Gasteiger partial charge in [-0.25, -0.2) is 0 Å². The van der Waals surface area contributed by atoms with Crippen molar-refractivity contribution in [2.45, 2.75) is 45.6 Å². The normalized spacial score (nSPS) is 19.0. The van der Waals surface area contributed by atoms with Crippen molar-refractivity contribution in [2.24, 2.45) is 11.7 Å². The molecule has 122 valence electrons. The molecule has 1 aromatic heterocycles. The first-order valence-electron chi connectivity index (χ1n) is 8.65. The van der Waals surface area contributed by atoms with Crippen molar-refractivity contribution in [3.8, 4) is 0 Å². The highest BCUT2D eigenvalue weighted by Gasteiger charge is 2.30. The molecule has 0 radical (unpaired) electrons. The van der Waals surface area contributed by atoms with Crippen LogP contribution in [0.3, 0.4) is 0 Å². The molecule has 1 saturated carbocycles. The van der Waals surface area contributed by atoms with Gasteiger partial charge in [-0.1, -0.05) is 6.07 Å².